The minimum Gasteiger partial charge on any atom is -0.493 e. The van der Waals surface area contributed by atoms with E-state index in [4.69, 9.17) is 9.47 Å². The Morgan fingerprint density at radius 3 is 2.59 bits per heavy atom. The third-order valence-electron chi connectivity index (χ3n) is 2.72. The Kier molecular flexibility index (Phi) is 6.97. The van der Waals surface area contributed by atoms with E-state index in [1.54, 1.807) is 26.3 Å². The lowest BCUT2D eigenvalue weighted by molar-refractivity contribution is 0.311. The molecule has 22 heavy (non-hydrogen) atoms. The molecule has 0 aliphatic carbocycles. The van der Waals surface area contributed by atoms with E-state index in [1.165, 1.54) is 6.26 Å². The Labute approximate surface area is 131 Å². The summed E-state index contributed by atoms with van der Waals surface area (Å²) < 4.78 is 32.9. The Balaban J connectivity index is 2.71. The molecule has 0 aromatic heterocycles. The normalized spacial score (nSPS) is 11.9. The van der Waals surface area contributed by atoms with Crippen molar-refractivity contribution in [3.05, 3.63) is 18.2 Å². The summed E-state index contributed by atoms with van der Waals surface area (Å²) >= 11 is 0. The fourth-order valence-corrected chi connectivity index (χ4v) is 2.16. The van der Waals surface area contributed by atoms with Crippen LogP contribution in [0.5, 0.6) is 11.5 Å². The topological polar surface area (TPSA) is 89.0 Å². The molecule has 2 N–H and O–H groups in total. The first-order valence-corrected chi connectivity index (χ1v) is 8.92. The molecule has 0 heterocycles. The molecule has 0 saturated heterocycles. The van der Waals surface area contributed by atoms with Crippen LogP contribution in [-0.2, 0) is 9.84 Å². The summed E-state index contributed by atoms with van der Waals surface area (Å²) in [5.41, 5.74) is 0.757. The number of sulfone groups is 1. The fraction of sp³-hybridized carbons (Fsp3) is 0.500. The molecule has 0 bridgehead atoms. The molecule has 1 aromatic carbocycles. The average Bonchev–Trinajstić information content (AvgIpc) is 2.46. The van der Waals surface area contributed by atoms with Crippen LogP contribution < -0.4 is 20.1 Å². The van der Waals surface area contributed by atoms with Gasteiger partial charge in [0, 0.05) is 31.6 Å². The van der Waals surface area contributed by atoms with Gasteiger partial charge >= 0.3 is 0 Å². The Bertz CT molecular complexity index is 615. The quantitative estimate of drug-likeness (QED) is 0.576. The predicted molar refractivity (Wildman–Crippen MR) is 88.9 cm³/mol. The van der Waals surface area contributed by atoms with Crippen molar-refractivity contribution in [2.75, 3.05) is 44.6 Å². The number of rotatable bonds is 7. The fourth-order valence-electron chi connectivity index (χ4n) is 1.69. The lowest BCUT2D eigenvalue weighted by atomic mass is 10.2. The molecule has 0 aliphatic rings. The first kappa shape index (κ1) is 18.1. The SMILES string of the molecule is CCOc1ccc(NC(=NC)NCCS(C)(=O)=O)cc1OC. The number of nitrogens with one attached hydrogen (secondary N) is 2. The van der Waals surface area contributed by atoms with Crippen LogP contribution in [0.15, 0.2) is 23.2 Å². The monoisotopic (exact) mass is 329 g/mol. The molecule has 0 saturated carbocycles. The maximum Gasteiger partial charge on any atom is 0.195 e. The molecule has 7 nitrogen and oxygen atoms in total. The molecule has 0 unspecified atom stereocenters. The lowest BCUT2D eigenvalue weighted by Crippen LogP contribution is -2.34. The van der Waals surface area contributed by atoms with Gasteiger partial charge in [0.15, 0.2) is 17.5 Å². The molecule has 8 heteroatoms. The summed E-state index contributed by atoms with van der Waals surface area (Å²) in [4.78, 5) is 4.04. The van der Waals surface area contributed by atoms with Crippen molar-refractivity contribution in [2.45, 2.75) is 6.92 Å². The standard InChI is InChI=1S/C14H23N3O4S/c1-5-21-12-7-6-11(10-13(12)20-3)17-14(15-2)16-8-9-22(4,18)19/h6-7,10H,5,8-9H2,1-4H3,(H2,15,16,17). The van der Waals surface area contributed by atoms with Crippen LogP contribution in [0, 0.1) is 0 Å². The van der Waals surface area contributed by atoms with Crippen LogP contribution in [-0.4, -0.2) is 53.7 Å². The highest BCUT2D eigenvalue weighted by molar-refractivity contribution is 7.90. The van der Waals surface area contributed by atoms with Crippen molar-refractivity contribution in [3.8, 4) is 11.5 Å². The van der Waals surface area contributed by atoms with E-state index < -0.39 is 9.84 Å². The summed E-state index contributed by atoms with van der Waals surface area (Å²) in [5.74, 6) is 1.80. The van der Waals surface area contributed by atoms with Gasteiger partial charge in [-0.25, -0.2) is 8.42 Å². The summed E-state index contributed by atoms with van der Waals surface area (Å²) in [6, 6.07) is 5.42. The number of hydrogen-bond acceptors (Lipinski definition) is 5. The molecule has 0 spiro atoms. The number of benzene rings is 1. The van der Waals surface area contributed by atoms with Gasteiger partial charge in [0.05, 0.1) is 19.5 Å². The minimum absolute atomic E-state index is 0.0420. The van der Waals surface area contributed by atoms with E-state index >= 15 is 0 Å². The number of methoxy groups -OCH3 is 1. The van der Waals surface area contributed by atoms with Crippen molar-refractivity contribution in [1.29, 1.82) is 0 Å². The van der Waals surface area contributed by atoms with Crippen molar-refractivity contribution in [3.63, 3.8) is 0 Å². The Morgan fingerprint density at radius 2 is 2.05 bits per heavy atom. The summed E-state index contributed by atoms with van der Waals surface area (Å²) in [5, 5.41) is 6.01. The highest BCUT2D eigenvalue weighted by Crippen LogP contribution is 2.30. The minimum atomic E-state index is -3.01. The molecular weight excluding hydrogens is 306 g/mol. The van der Waals surface area contributed by atoms with E-state index in [2.05, 4.69) is 15.6 Å². The van der Waals surface area contributed by atoms with E-state index in [9.17, 15) is 8.42 Å². The largest absolute Gasteiger partial charge is 0.493 e. The maximum atomic E-state index is 11.1. The molecule has 0 atom stereocenters. The number of aliphatic imine (C=N–C) groups is 1. The zero-order valence-electron chi connectivity index (χ0n) is 13.3. The van der Waals surface area contributed by atoms with E-state index in [-0.39, 0.29) is 12.3 Å². The highest BCUT2D eigenvalue weighted by Gasteiger charge is 2.07. The second kappa shape index (κ2) is 8.47. The van der Waals surface area contributed by atoms with E-state index in [0.717, 1.165) is 5.69 Å². The lowest BCUT2D eigenvalue weighted by Gasteiger charge is -2.14. The van der Waals surface area contributed by atoms with Crippen LogP contribution in [0.25, 0.3) is 0 Å². The average molecular weight is 329 g/mol. The van der Waals surface area contributed by atoms with Crippen LogP contribution in [0.3, 0.4) is 0 Å². The van der Waals surface area contributed by atoms with Crippen LogP contribution in [0.4, 0.5) is 5.69 Å². The zero-order valence-corrected chi connectivity index (χ0v) is 14.2. The molecule has 0 amide bonds. The van der Waals surface area contributed by atoms with Gasteiger partial charge in [-0.15, -0.1) is 0 Å². The smallest absolute Gasteiger partial charge is 0.195 e. The summed E-state index contributed by atoms with van der Waals surface area (Å²) in [6.07, 6.45) is 1.20. The predicted octanol–water partition coefficient (Wildman–Crippen LogP) is 1.13. The third-order valence-corrected chi connectivity index (χ3v) is 3.66. The van der Waals surface area contributed by atoms with Gasteiger partial charge in [-0.3, -0.25) is 4.99 Å². The number of ether oxygens (including phenoxy) is 2. The van der Waals surface area contributed by atoms with Crippen molar-refractivity contribution in [1.82, 2.24) is 5.32 Å². The Hall–Kier alpha value is -1.96. The van der Waals surface area contributed by atoms with Crippen LogP contribution in [0.1, 0.15) is 6.92 Å². The molecule has 1 rings (SSSR count). The van der Waals surface area contributed by atoms with Crippen molar-refractivity contribution >= 4 is 21.5 Å². The second-order valence-corrected chi connectivity index (χ2v) is 6.81. The number of guanidine groups is 1. The van der Waals surface area contributed by atoms with Gasteiger partial charge in [-0.1, -0.05) is 0 Å². The van der Waals surface area contributed by atoms with E-state index in [0.29, 0.717) is 24.1 Å². The first-order chi connectivity index (χ1) is 10.4. The van der Waals surface area contributed by atoms with E-state index in [1.807, 2.05) is 13.0 Å². The zero-order chi connectivity index (χ0) is 16.6. The molecule has 0 radical (unpaired) electrons. The van der Waals surface area contributed by atoms with Crippen molar-refractivity contribution in [2.24, 2.45) is 4.99 Å². The van der Waals surface area contributed by atoms with Gasteiger partial charge in [0.25, 0.3) is 0 Å². The summed E-state index contributed by atoms with van der Waals surface area (Å²) in [6.45, 7) is 2.74. The molecule has 124 valence electrons. The van der Waals surface area contributed by atoms with Gasteiger partial charge in [0.2, 0.25) is 0 Å². The molecule has 0 aliphatic heterocycles. The maximum absolute atomic E-state index is 11.1. The Morgan fingerprint density at radius 1 is 1.32 bits per heavy atom. The van der Waals surface area contributed by atoms with Gasteiger partial charge in [-0.05, 0) is 19.1 Å². The van der Waals surface area contributed by atoms with Crippen molar-refractivity contribution < 1.29 is 17.9 Å². The van der Waals surface area contributed by atoms with Gasteiger partial charge < -0.3 is 20.1 Å². The first-order valence-electron chi connectivity index (χ1n) is 6.85. The highest BCUT2D eigenvalue weighted by atomic mass is 32.2. The van der Waals surface area contributed by atoms with Crippen LogP contribution >= 0.6 is 0 Å². The molecular formula is C14H23N3O4S. The van der Waals surface area contributed by atoms with Gasteiger partial charge in [-0.2, -0.15) is 0 Å². The number of nitrogens with zero attached hydrogens (tertiary/aromatic N) is 1. The van der Waals surface area contributed by atoms with Gasteiger partial charge in [0.1, 0.15) is 9.84 Å². The second-order valence-electron chi connectivity index (χ2n) is 4.55. The summed E-state index contributed by atoms with van der Waals surface area (Å²) in [7, 11) is 0.178. The number of anilines is 1. The third kappa shape index (κ3) is 6.21. The molecule has 1 aromatic rings. The number of hydrogen-bond donors (Lipinski definition) is 2. The van der Waals surface area contributed by atoms with Crippen LogP contribution in [0.2, 0.25) is 0 Å². The molecule has 0 fully saturated rings.